The van der Waals surface area contributed by atoms with Gasteiger partial charge in [-0.25, -0.2) is 4.79 Å². The van der Waals surface area contributed by atoms with Gasteiger partial charge in [0, 0.05) is 25.7 Å². The van der Waals surface area contributed by atoms with Gasteiger partial charge in [-0.05, 0) is 68.4 Å². The molecule has 2 N–H and O–H groups in total. The van der Waals surface area contributed by atoms with Crippen LogP contribution in [0.25, 0.3) is 0 Å². The summed E-state index contributed by atoms with van der Waals surface area (Å²) < 4.78 is 86.1. The number of hydrogen-bond acceptors (Lipinski definition) is 3. The van der Waals surface area contributed by atoms with E-state index in [9.17, 15) is 31.1 Å². The van der Waals surface area contributed by atoms with Gasteiger partial charge in [0.1, 0.15) is 0 Å². The fourth-order valence-electron chi connectivity index (χ4n) is 5.20. The van der Waals surface area contributed by atoms with E-state index >= 15 is 0 Å². The third kappa shape index (κ3) is 7.25. The first-order chi connectivity index (χ1) is 18.4. The standard InChI is InChI=1S/C28H33F6N3O2/c1-19(20-14-22(27(29,30)31)16-23(15-20)28(32,33)34)39-18-26(21-8-4-2-5-9-21)11-10-24(17-35-26)36-25(38)37-12-6-3-7-13-37/h2,4-5,8-9,14-16,19,24,35H,3,6-7,10-13,17-18H2,1H3,(H,36,38)/t19-,24+,26?/m1/s1. The zero-order valence-electron chi connectivity index (χ0n) is 21.7. The van der Waals surface area contributed by atoms with Crippen LogP contribution in [0.5, 0.6) is 0 Å². The maximum Gasteiger partial charge on any atom is 0.416 e. The highest BCUT2D eigenvalue weighted by molar-refractivity contribution is 5.74. The number of amides is 2. The zero-order chi connectivity index (χ0) is 28.3. The fourth-order valence-corrected chi connectivity index (χ4v) is 5.20. The second kappa shape index (κ2) is 11.8. The van der Waals surface area contributed by atoms with Crippen LogP contribution in [0.3, 0.4) is 0 Å². The molecule has 2 amide bonds. The van der Waals surface area contributed by atoms with Crippen molar-refractivity contribution in [2.24, 2.45) is 0 Å². The Labute approximate surface area is 223 Å². The molecule has 5 nitrogen and oxygen atoms in total. The number of nitrogens with zero attached hydrogens (tertiary/aromatic N) is 1. The van der Waals surface area contributed by atoms with Gasteiger partial charge in [0.15, 0.2) is 0 Å². The van der Waals surface area contributed by atoms with Crippen LogP contribution >= 0.6 is 0 Å². The lowest BCUT2D eigenvalue weighted by Crippen LogP contribution is -2.58. The predicted molar refractivity (Wildman–Crippen MR) is 134 cm³/mol. The third-order valence-electron chi connectivity index (χ3n) is 7.56. The summed E-state index contributed by atoms with van der Waals surface area (Å²) in [5, 5.41) is 6.55. The van der Waals surface area contributed by atoms with E-state index in [1.807, 2.05) is 35.2 Å². The fraction of sp³-hybridized carbons (Fsp3) is 0.536. The second-order valence-corrected chi connectivity index (χ2v) is 10.4. The maximum atomic E-state index is 13.4. The Bertz CT molecular complexity index is 1080. The van der Waals surface area contributed by atoms with Crippen molar-refractivity contribution >= 4 is 6.03 Å². The van der Waals surface area contributed by atoms with Crippen LogP contribution in [-0.4, -0.2) is 43.2 Å². The number of urea groups is 1. The minimum Gasteiger partial charge on any atom is -0.372 e. The summed E-state index contributed by atoms with van der Waals surface area (Å²) in [7, 11) is 0. The largest absolute Gasteiger partial charge is 0.416 e. The van der Waals surface area contributed by atoms with E-state index < -0.39 is 35.1 Å². The quantitative estimate of drug-likeness (QED) is 0.392. The van der Waals surface area contributed by atoms with E-state index in [0.29, 0.717) is 31.5 Å². The first-order valence-corrected chi connectivity index (χ1v) is 13.1. The Morgan fingerprint density at radius 3 is 2.18 bits per heavy atom. The number of likely N-dealkylation sites (tertiary alicyclic amines) is 1. The van der Waals surface area contributed by atoms with Gasteiger partial charge in [0.2, 0.25) is 0 Å². The number of ether oxygens (including phenoxy) is 1. The van der Waals surface area contributed by atoms with E-state index in [2.05, 4.69) is 10.6 Å². The monoisotopic (exact) mass is 557 g/mol. The lowest BCUT2D eigenvalue weighted by molar-refractivity contribution is -0.143. The molecule has 2 aromatic carbocycles. The molecule has 39 heavy (non-hydrogen) atoms. The first kappa shape index (κ1) is 29.2. The molecule has 2 fully saturated rings. The molecule has 0 saturated carbocycles. The van der Waals surface area contributed by atoms with Crippen LogP contribution in [0.2, 0.25) is 0 Å². The van der Waals surface area contributed by atoms with Gasteiger partial charge in [-0.1, -0.05) is 30.3 Å². The number of nitrogens with one attached hydrogen (secondary N) is 2. The number of alkyl halides is 6. The third-order valence-corrected chi connectivity index (χ3v) is 7.56. The number of rotatable bonds is 6. The summed E-state index contributed by atoms with van der Waals surface area (Å²) in [6, 6.07) is 10.7. The Morgan fingerprint density at radius 2 is 1.64 bits per heavy atom. The molecule has 0 bridgehead atoms. The van der Waals surface area contributed by atoms with Crippen LogP contribution in [0.15, 0.2) is 48.5 Å². The molecule has 2 aromatic rings. The number of benzene rings is 2. The summed E-state index contributed by atoms with van der Waals surface area (Å²) >= 11 is 0. The minimum absolute atomic E-state index is 0.0164. The molecular formula is C28H33F6N3O2. The first-order valence-electron chi connectivity index (χ1n) is 13.1. The van der Waals surface area contributed by atoms with Crippen LogP contribution in [0, 0.1) is 0 Å². The van der Waals surface area contributed by atoms with Crippen LogP contribution in [0.4, 0.5) is 31.1 Å². The molecule has 0 radical (unpaired) electrons. The average Bonchev–Trinajstić information content (AvgIpc) is 2.92. The Morgan fingerprint density at radius 1 is 1.03 bits per heavy atom. The molecule has 0 aromatic heterocycles. The van der Waals surface area contributed by atoms with Gasteiger partial charge in [0.05, 0.1) is 29.4 Å². The lowest BCUT2D eigenvalue weighted by Gasteiger charge is -2.43. The molecule has 3 atom stereocenters. The topological polar surface area (TPSA) is 53.6 Å². The van der Waals surface area contributed by atoms with Crippen molar-refractivity contribution in [3.8, 4) is 0 Å². The molecule has 2 aliphatic rings. The molecule has 4 rings (SSSR count). The van der Waals surface area contributed by atoms with E-state index in [1.165, 1.54) is 6.92 Å². The van der Waals surface area contributed by atoms with Crippen molar-refractivity contribution in [1.82, 2.24) is 15.5 Å². The Hall–Kier alpha value is -2.79. The molecule has 2 heterocycles. The second-order valence-electron chi connectivity index (χ2n) is 10.4. The summed E-state index contributed by atoms with van der Waals surface area (Å²) in [6.45, 7) is 3.36. The van der Waals surface area contributed by atoms with E-state index in [0.717, 1.165) is 37.9 Å². The number of carbonyl (C=O) groups excluding carboxylic acids is 1. The molecule has 11 heteroatoms. The van der Waals surface area contributed by atoms with Crippen LogP contribution < -0.4 is 10.6 Å². The lowest BCUT2D eigenvalue weighted by atomic mass is 9.81. The smallest absolute Gasteiger partial charge is 0.372 e. The SMILES string of the molecule is C[C@@H](OCC1(c2ccccc2)CC[C@H](NC(=O)N2CCCCC2)CN1)c1cc(C(F)(F)F)cc(C(F)(F)F)c1. The molecule has 214 valence electrons. The van der Waals surface area contributed by atoms with Gasteiger partial charge in [-0.3, -0.25) is 0 Å². The van der Waals surface area contributed by atoms with Crippen LogP contribution in [0.1, 0.15) is 67.4 Å². The molecular weight excluding hydrogens is 524 g/mol. The summed E-state index contributed by atoms with van der Waals surface area (Å²) in [6.07, 6.45) is -6.64. The van der Waals surface area contributed by atoms with Crippen molar-refractivity contribution in [1.29, 1.82) is 0 Å². The highest BCUT2D eigenvalue weighted by Gasteiger charge is 2.40. The Kier molecular flexibility index (Phi) is 8.80. The summed E-state index contributed by atoms with van der Waals surface area (Å²) in [5.41, 5.74) is -2.79. The summed E-state index contributed by atoms with van der Waals surface area (Å²) in [4.78, 5) is 14.5. The van der Waals surface area contributed by atoms with Crippen molar-refractivity contribution in [2.75, 3.05) is 26.2 Å². The Balaban J connectivity index is 1.48. The minimum atomic E-state index is -4.93. The van der Waals surface area contributed by atoms with Gasteiger partial charge in [0.25, 0.3) is 0 Å². The molecule has 0 aliphatic carbocycles. The number of halogens is 6. The normalized spacial score (nSPS) is 23.4. The van der Waals surface area contributed by atoms with Crippen molar-refractivity contribution in [3.05, 3.63) is 70.8 Å². The number of hydrogen-bond donors (Lipinski definition) is 2. The van der Waals surface area contributed by atoms with Crippen molar-refractivity contribution in [3.63, 3.8) is 0 Å². The van der Waals surface area contributed by atoms with Crippen LogP contribution in [-0.2, 0) is 22.6 Å². The molecule has 1 unspecified atom stereocenters. The number of piperidine rings is 2. The van der Waals surface area contributed by atoms with E-state index in [1.54, 1.807) is 0 Å². The molecule has 0 spiro atoms. The van der Waals surface area contributed by atoms with E-state index in [4.69, 9.17) is 4.74 Å². The van der Waals surface area contributed by atoms with Gasteiger partial charge >= 0.3 is 18.4 Å². The molecule has 2 saturated heterocycles. The highest BCUT2D eigenvalue weighted by atomic mass is 19.4. The van der Waals surface area contributed by atoms with Gasteiger partial charge in [-0.15, -0.1) is 0 Å². The van der Waals surface area contributed by atoms with Crippen molar-refractivity contribution < 1.29 is 35.9 Å². The maximum absolute atomic E-state index is 13.4. The molecule has 2 aliphatic heterocycles. The van der Waals surface area contributed by atoms with E-state index in [-0.39, 0.29) is 30.3 Å². The van der Waals surface area contributed by atoms with Crippen molar-refractivity contribution in [2.45, 2.75) is 69.1 Å². The van der Waals surface area contributed by atoms with Gasteiger partial charge in [-0.2, -0.15) is 26.3 Å². The average molecular weight is 558 g/mol. The van der Waals surface area contributed by atoms with Gasteiger partial charge < -0.3 is 20.3 Å². The highest BCUT2D eigenvalue weighted by Crippen LogP contribution is 2.39. The zero-order valence-corrected chi connectivity index (χ0v) is 21.7. The number of carbonyl (C=O) groups is 1. The summed E-state index contributed by atoms with van der Waals surface area (Å²) in [5.74, 6) is 0. The predicted octanol–water partition coefficient (Wildman–Crippen LogP) is 6.64.